The molecule has 1 aromatic heterocycles. The van der Waals surface area contributed by atoms with Gasteiger partial charge in [-0.3, -0.25) is 9.59 Å². The molecule has 0 bridgehead atoms. The van der Waals surface area contributed by atoms with Crippen molar-refractivity contribution in [3.8, 4) is 0 Å². The van der Waals surface area contributed by atoms with Crippen molar-refractivity contribution in [3.05, 3.63) is 22.1 Å². The van der Waals surface area contributed by atoms with Gasteiger partial charge in [-0.15, -0.1) is 0 Å². The molecule has 1 rings (SSSR count). The fraction of sp³-hybridized carbons (Fsp3) is 0.545. The van der Waals surface area contributed by atoms with Crippen LogP contribution in [0.15, 0.2) is 6.20 Å². The third-order valence-corrected chi connectivity index (χ3v) is 2.83. The normalized spacial score (nSPS) is 12.1. The zero-order chi connectivity index (χ0) is 15.3. The Balaban J connectivity index is 2.53. The van der Waals surface area contributed by atoms with Crippen LogP contribution in [0, 0.1) is 17.0 Å². The maximum absolute atomic E-state index is 11.6. The molecule has 110 valence electrons. The van der Waals surface area contributed by atoms with E-state index in [1.54, 1.807) is 6.92 Å². The molecule has 9 heteroatoms. The Morgan fingerprint density at radius 2 is 2.25 bits per heavy atom. The molecular weight excluding hydrogens is 268 g/mol. The zero-order valence-electron chi connectivity index (χ0n) is 11.0. The number of ketones is 1. The van der Waals surface area contributed by atoms with E-state index in [2.05, 4.69) is 4.98 Å². The number of carbonyl (C=O) groups is 2. The molecule has 9 nitrogen and oxygen atoms in total. The Hall–Kier alpha value is -2.29. The first-order chi connectivity index (χ1) is 9.32. The molecule has 0 fully saturated rings. The van der Waals surface area contributed by atoms with Crippen molar-refractivity contribution in [2.45, 2.75) is 38.8 Å². The second-order valence-electron chi connectivity index (χ2n) is 4.35. The van der Waals surface area contributed by atoms with E-state index in [0.29, 0.717) is 12.2 Å². The summed E-state index contributed by atoms with van der Waals surface area (Å²) in [4.78, 5) is 36.0. The monoisotopic (exact) mass is 284 g/mol. The van der Waals surface area contributed by atoms with Gasteiger partial charge in [0.05, 0.1) is 19.0 Å². The lowest BCUT2D eigenvalue weighted by molar-refractivity contribution is -0.392. The van der Waals surface area contributed by atoms with Gasteiger partial charge < -0.3 is 21.0 Å². The highest BCUT2D eigenvalue weighted by Gasteiger charge is 2.19. The molecule has 0 aliphatic rings. The van der Waals surface area contributed by atoms with Gasteiger partial charge in [0, 0.05) is 13.3 Å². The second-order valence-corrected chi connectivity index (χ2v) is 4.35. The molecule has 0 radical (unpaired) electrons. The van der Waals surface area contributed by atoms with Crippen molar-refractivity contribution < 1.29 is 19.6 Å². The van der Waals surface area contributed by atoms with E-state index in [1.165, 1.54) is 4.57 Å². The molecule has 0 spiro atoms. The van der Waals surface area contributed by atoms with Gasteiger partial charge in [-0.1, -0.05) is 0 Å². The average Bonchev–Trinajstić information content (AvgIpc) is 2.70. The fourth-order valence-electron chi connectivity index (χ4n) is 1.78. The number of aliphatic carboxylic acids is 1. The molecule has 0 amide bonds. The van der Waals surface area contributed by atoms with Crippen LogP contribution in [0.5, 0.6) is 0 Å². The number of nitrogens with zero attached hydrogens (tertiary/aromatic N) is 3. The molecule has 0 aliphatic carbocycles. The molecule has 0 aliphatic heterocycles. The minimum Gasteiger partial charge on any atom is -0.481 e. The first-order valence-electron chi connectivity index (χ1n) is 5.99. The first kappa shape index (κ1) is 15.8. The maximum atomic E-state index is 11.6. The molecule has 3 N–H and O–H groups in total. The summed E-state index contributed by atoms with van der Waals surface area (Å²) in [5.74, 6) is -1.15. The smallest absolute Gasteiger partial charge is 0.342 e. The summed E-state index contributed by atoms with van der Waals surface area (Å²) in [6.07, 6.45) is 1.16. The Kier molecular flexibility index (Phi) is 5.32. The number of nitrogens with two attached hydrogens (primary N) is 1. The fourth-order valence-corrected chi connectivity index (χ4v) is 1.78. The number of hydrogen-bond acceptors (Lipinski definition) is 6. The third-order valence-electron chi connectivity index (χ3n) is 2.83. The standard InChI is InChI=1S/C11H16N4O5/c1-7-13-6-10(15(19)20)14(7)4-2-3-9(16)8(12)5-11(17)18/h6,8H,2-5,12H2,1H3,(H,17,18). The van der Waals surface area contributed by atoms with Crippen molar-refractivity contribution in [2.75, 3.05) is 0 Å². The number of nitro groups is 1. The molecule has 1 atom stereocenters. The number of rotatable bonds is 8. The molecule has 20 heavy (non-hydrogen) atoms. The van der Waals surface area contributed by atoms with Crippen LogP contribution < -0.4 is 5.73 Å². The summed E-state index contributed by atoms with van der Waals surface area (Å²) in [6.45, 7) is 1.89. The van der Waals surface area contributed by atoms with Crippen LogP contribution in [-0.2, 0) is 16.1 Å². The Bertz CT molecular complexity index is 525. The summed E-state index contributed by atoms with van der Waals surface area (Å²) < 4.78 is 1.40. The van der Waals surface area contributed by atoms with Gasteiger partial charge in [-0.05, 0) is 11.3 Å². The minimum atomic E-state index is -1.13. The number of aryl methyl sites for hydroxylation is 1. The number of Topliss-reactive ketones (excluding diaryl/α,β-unsaturated/α-hetero) is 1. The molecule has 1 heterocycles. The summed E-state index contributed by atoms with van der Waals surface area (Å²) in [6, 6.07) is -1.04. The Morgan fingerprint density at radius 1 is 1.60 bits per heavy atom. The van der Waals surface area contributed by atoms with Crippen LogP contribution in [0.4, 0.5) is 5.82 Å². The highest BCUT2D eigenvalue weighted by molar-refractivity contribution is 5.87. The summed E-state index contributed by atoms with van der Waals surface area (Å²) in [5, 5.41) is 19.3. The van der Waals surface area contributed by atoms with Crippen LogP contribution in [0.3, 0.4) is 0 Å². The minimum absolute atomic E-state index is 0.0726. The summed E-state index contributed by atoms with van der Waals surface area (Å²) >= 11 is 0. The lowest BCUT2D eigenvalue weighted by atomic mass is 10.1. The van der Waals surface area contributed by atoms with Gasteiger partial charge in [-0.25, -0.2) is 9.55 Å². The van der Waals surface area contributed by atoms with E-state index < -0.39 is 23.4 Å². The Morgan fingerprint density at radius 3 is 2.80 bits per heavy atom. The number of carboxylic acid groups (broad SMARTS) is 1. The van der Waals surface area contributed by atoms with Gasteiger partial charge in [0.25, 0.3) is 0 Å². The molecular formula is C11H16N4O5. The van der Waals surface area contributed by atoms with Crippen molar-refractivity contribution in [3.63, 3.8) is 0 Å². The molecule has 0 saturated carbocycles. The molecule has 0 saturated heterocycles. The number of imidazole rings is 1. The van der Waals surface area contributed by atoms with Crippen LogP contribution >= 0.6 is 0 Å². The van der Waals surface area contributed by atoms with Crippen LogP contribution in [-0.4, -0.2) is 37.4 Å². The largest absolute Gasteiger partial charge is 0.481 e. The number of aromatic nitrogens is 2. The summed E-state index contributed by atoms with van der Waals surface area (Å²) in [5.41, 5.74) is 5.43. The predicted octanol–water partition coefficient (Wildman–Crippen LogP) is 0.251. The van der Waals surface area contributed by atoms with E-state index in [1.807, 2.05) is 0 Å². The number of carboxylic acids is 1. The maximum Gasteiger partial charge on any atom is 0.342 e. The van der Waals surface area contributed by atoms with Crippen LogP contribution in [0.2, 0.25) is 0 Å². The van der Waals surface area contributed by atoms with Crippen molar-refractivity contribution in [1.29, 1.82) is 0 Å². The highest BCUT2D eigenvalue weighted by Crippen LogP contribution is 2.14. The van der Waals surface area contributed by atoms with Crippen LogP contribution in [0.1, 0.15) is 25.1 Å². The van der Waals surface area contributed by atoms with E-state index in [0.717, 1.165) is 6.20 Å². The van der Waals surface area contributed by atoms with E-state index in [9.17, 15) is 19.7 Å². The highest BCUT2D eigenvalue weighted by atomic mass is 16.6. The van der Waals surface area contributed by atoms with Gasteiger partial charge in [-0.2, -0.15) is 0 Å². The third kappa shape index (κ3) is 4.12. The van der Waals surface area contributed by atoms with E-state index in [-0.39, 0.29) is 24.6 Å². The Labute approximate surface area is 114 Å². The molecule has 0 aromatic carbocycles. The van der Waals surface area contributed by atoms with Crippen LogP contribution in [0.25, 0.3) is 0 Å². The van der Waals surface area contributed by atoms with Crippen molar-refractivity contribution in [1.82, 2.24) is 9.55 Å². The lowest BCUT2D eigenvalue weighted by Gasteiger charge is -2.07. The van der Waals surface area contributed by atoms with E-state index in [4.69, 9.17) is 10.8 Å². The first-order valence-corrected chi connectivity index (χ1v) is 5.99. The topological polar surface area (TPSA) is 141 Å². The van der Waals surface area contributed by atoms with Gasteiger partial charge in [0.1, 0.15) is 12.0 Å². The molecule has 1 aromatic rings. The number of hydrogen-bond donors (Lipinski definition) is 2. The lowest BCUT2D eigenvalue weighted by Crippen LogP contribution is -2.32. The van der Waals surface area contributed by atoms with E-state index >= 15 is 0 Å². The van der Waals surface area contributed by atoms with Gasteiger partial charge >= 0.3 is 11.8 Å². The quantitative estimate of drug-likeness (QED) is 0.514. The van der Waals surface area contributed by atoms with Crippen molar-refractivity contribution in [2.24, 2.45) is 5.73 Å². The average molecular weight is 284 g/mol. The van der Waals surface area contributed by atoms with Gasteiger partial charge in [0.15, 0.2) is 5.82 Å². The predicted molar refractivity (Wildman–Crippen MR) is 68.1 cm³/mol. The SMILES string of the molecule is Cc1ncc([N+](=O)[O-])n1CCCC(=O)C(N)CC(=O)O. The van der Waals surface area contributed by atoms with Gasteiger partial charge in [0.2, 0.25) is 0 Å². The summed E-state index contributed by atoms with van der Waals surface area (Å²) in [7, 11) is 0. The molecule has 1 unspecified atom stereocenters. The second kappa shape index (κ2) is 6.75. The number of carbonyl (C=O) groups excluding carboxylic acids is 1. The van der Waals surface area contributed by atoms with Crippen molar-refractivity contribution >= 4 is 17.6 Å². The zero-order valence-corrected chi connectivity index (χ0v) is 11.0.